The Morgan fingerprint density at radius 3 is 2.38 bits per heavy atom. The first kappa shape index (κ1) is 18.2. The summed E-state index contributed by atoms with van der Waals surface area (Å²) in [6, 6.07) is 16.9. The van der Waals surface area contributed by atoms with E-state index in [1.165, 1.54) is 16.7 Å². The van der Waals surface area contributed by atoms with Crippen molar-refractivity contribution in [1.29, 1.82) is 0 Å². The summed E-state index contributed by atoms with van der Waals surface area (Å²) < 4.78 is 0. The molecule has 0 aliphatic heterocycles. The largest absolute Gasteiger partial charge is 0.349 e. The van der Waals surface area contributed by atoms with Crippen molar-refractivity contribution in [3.63, 3.8) is 0 Å². The third-order valence-electron chi connectivity index (χ3n) is 3.81. The molecule has 0 saturated heterocycles. The summed E-state index contributed by atoms with van der Waals surface area (Å²) in [5, 5.41) is 3.14. The van der Waals surface area contributed by atoms with E-state index in [2.05, 4.69) is 55.7 Å². The summed E-state index contributed by atoms with van der Waals surface area (Å²) in [4.78, 5) is 0. The normalized spacial score (nSPS) is 11.8. The lowest BCUT2D eigenvalue weighted by molar-refractivity contribution is -0.627. The first-order chi connectivity index (χ1) is 9.72. The van der Waals surface area contributed by atoms with Crippen LogP contribution in [0, 0.1) is 6.92 Å². The molecule has 0 radical (unpaired) electrons. The molecular formula is C18H24BrClN+. The van der Waals surface area contributed by atoms with Gasteiger partial charge in [-0.15, -0.1) is 17.0 Å². The quantitative estimate of drug-likeness (QED) is 0.788. The molecule has 0 aliphatic rings. The highest BCUT2D eigenvalue weighted by Crippen LogP contribution is 2.32. The van der Waals surface area contributed by atoms with Crippen molar-refractivity contribution in [2.75, 3.05) is 13.6 Å². The van der Waals surface area contributed by atoms with Gasteiger partial charge in [0.15, 0.2) is 0 Å². The Morgan fingerprint density at radius 1 is 1.05 bits per heavy atom. The molecule has 0 fully saturated rings. The molecule has 1 atom stereocenters. The van der Waals surface area contributed by atoms with Crippen LogP contribution in [0.3, 0.4) is 0 Å². The molecule has 0 heterocycles. The van der Waals surface area contributed by atoms with E-state index >= 15 is 0 Å². The van der Waals surface area contributed by atoms with E-state index in [9.17, 15) is 0 Å². The Bertz CT molecular complexity index is 522. The molecule has 0 bridgehead atoms. The summed E-state index contributed by atoms with van der Waals surface area (Å²) >= 11 is 6.46. The molecule has 21 heavy (non-hydrogen) atoms. The van der Waals surface area contributed by atoms with E-state index in [0.717, 1.165) is 24.4 Å². The average molecular weight is 370 g/mol. The van der Waals surface area contributed by atoms with Crippen LogP contribution >= 0.6 is 28.6 Å². The molecule has 2 aromatic rings. The molecule has 0 amide bonds. The zero-order valence-electron chi connectivity index (χ0n) is 12.7. The van der Waals surface area contributed by atoms with Crippen LogP contribution in [0.25, 0.3) is 0 Å². The summed E-state index contributed by atoms with van der Waals surface area (Å²) in [6.07, 6.45) is 2.20. The highest BCUT2D eigenvalue weighted by atomic mass is 79.9. The summed E-state index contributed by atoms with van der Waals surface area (Å²) in [6.45, 7) is 3.29. The van der Waals surface area contributed by atoms with Crippen LogP contribution in [0.1, 0.15) is 29.0 Å². The summed E-state index contributed by atoms with van der Waals surface area (Å²) in [7, 11) is 2.12. The number of rotatable bonds is 6. The van der Waals surface area contributed by atoms with Crippen LogP contribution in [-0.4, -0.2) is 13.6 Å². The average Bonchev–Trinajstić information content (AvgIpc) is 2.45. The van der Waals surface area contributed by atoms with Gasteiger partial charge in [0.05, 0.1) is 13.6 Å². The lowest BCUT2D eigenvalue weighted by Gasteiger charge is -2.20. The van der Waals surface area contributed by atoms with E-state index < -0.39 is 0 Å². The van der Waals surface area contributed by atoms with E-state index in [0.29, 0.717) is 5.92 Å². The number of nitrogens with two attached hydrogens (primary N) is 1. The number of benzene rings is 2. The fraction of sp³-hybridized carbons (Fsp3) is 0.333. The van der Waals surface area contributed by atoms with Crippen LogP contribution in [0.15, 0.2) is 48.5 Å². The van der Waals surface area contributed by atoms with Crippen molar-refractivity contribution >= 4 is 28.6 Å². The number of quaternary nitrogens is 1. The molecule has 3 heteroatoms. The maximum absolute atomic E-state index is 6.46. The number of hydrogen-bond donors (Lipinski definition) is 1. The Balaban J connectivity index is 0.00000220. The predicted octanol–water partition coefficient (Wildman–Crippen LogP) is 4.14. The smallest absolute Gasteiger partial charge is 0.0759 e. The highest BCUT2D eigenvalue weighted by Gasteiger charge is 2.18. The Labute approximate surface area is 143 Å². The van der Waals surface area contributed by atoms with Crippen molar-refractivity contribution in [2.45, 2.75) is 25.7 Å². The minimum Gasteiger partial charge on any atom is -0.349 e. The molecule has 1 unspecified atom stereocenters. The molecule has 2 N–H and O–H groups in total. The van der Waals surface area contributed by atoms with Crippen LogP contribution in [0.5, 0.6) is 0 Å². The zero-order valence-corrected chi connectivity index (χ0v) is 15.2. The van der Waals surface area contributed by atoms with Gasteiger partial charge in [0.1, 0.15) is 0 Å². The fourth-order valence-electron chi connectivity index (χ4n) is 2.78. The number of halogens is 2. The second kappa shape index (κ2) is 9.24. The van der Waals surface area contributed by atoms with Crippen molar-refractivity contribution in [1.82, 2.24) is 0 Å². The summed E-state index contributed by atoms with van der Waals surface area (Å²) in [5.41, 5.74) is 4.00. The van der Waals surface area contributed by atoms with Gasteiger partial charge in [0.2, 0.25) is 0 Å². The molecule has 0 aromatic heterocycles. The van der Waals surface area contributed by atoms with Crippen molar-refractivity contribution in [2.24, 2.45) is 0 Å². The van der Waals surface area contributed by atoms with Gasteiger partial charge >= 0.3 is 0 Å². The van der Waals surface area contributed by atoms with E-state index in [1.54, 1.807) is 0 Å². The van der Waals surface area contributed by atoms with E-state index in [1.807, 2.05) is 12.1 Å². The van der Waals surface area contributed by atoms with Crippen LogP contribution in [0.2, 0.25) is 5.02 Å². The third-order valence-corrected chi connectivity index (χ3v) is 4.14. The topological polar surface area (TPSA) is 16.6 Å². The SMILES string of the molecule is Br.C[NH2+]CCC(Cc1ccccc1)c1c(C)cccc1Cl. The molecule has 0 spiro atoms. The van der Waals surface area contributed by atoms with Gasteiger partial charge in [0.25, 0.3) is 0 Å². The molecular weight excluding hydrogens is 346 g/mol. The Morgan fingerprint density at radius 2 is 1.76 bits per heavy atom. The van der Waals surface area contributed by atoms with Crippen LogP contribution < -0.4 is 5.32 Å². The van der Waals surface area contributed by atoms with Gasteiger partial charge in [-0.25, -0.2) is 0 Å². The van der Waals surface area contributed by atoms with E-state index in [-0.39, 0.29) is 17.0 Å². The lowest BCUT2D eigenvalue weighted by atomic mass is 9.86. The maximum Gasteiger partial charge on any atom is 0.0759 e. The Hall–Kier alpha value is -0.830. The highest BCUT2D eigenvalue weighted by molar-refractivity contribution is 8.93. The van der Waals surface area contributed by atoms with Gasteiger partial charge in [-0.05, 0) is 42.0 Å². The van der Waals surface area contributed by atoms with Gasteiger partial charge in [0, 0.05) is 11.4 Å². The lowest BCUT2D eigenvalue weighted by Crippen LogP contribution is -2.79. The van der Waals surface area contributed by atoms with Crippen molar-refractivity contribution < 1.29 is 5.32 Å². The minimum absolute atomic E-state index is 0. The van der Waals surface area contributed by atoms with Gasteiger partial charge in [-0.3, -0.25) is 0 Å². The second-order valence-electron chi connectivity index (χ2n) is 5.34. The molecule has 2 rings (SSSR count). The number of hydrogen-bond acceptors (Lipinski definition) is 0. The van der Waals surface area contributed by atoms with Crippen LogP contribution in [0.4, 0.5) is 0 Å². The van der Waals surface area contributed by atoms with Crippen molar-refractivity contribution in [3.05, 3.63) is 70.2 Å². The minimum atomic E-state index is 0. The van der Waals surface area contributed by atoms with Crippen LogP contribution in [-0.2, 0) is 6.42 Å². The van der Waals surface area contributed by atoms with E-state index in [4.69, 9.17) is 11.6 Å². The van der Waals surface area contributed by atoms with Gasteiger partial charge < -0.3 is 5.32 Å². The Kier molecular flexibility index (Phi) is 8.02. The fourth-order valence-corrected chi connectivity index (χ4v) is 3.15. The van der Waals surface area contributed by atoms with Gasteiger partial charge in [-0.2, -0.15) is 0 Å². The van der Waals surface area contributed by atoms with Gasteiger partial charge in [-0.1, -0.05) is 54.1 Å². The number of aryl methyl sites for hydroxylation is 1. The molecule has 1 nitrogen and oxygen atoms in total. The first-order valence-electron chi connectivity index (χ1n) is 7.29. The molecule has 2 aromatic carbocycles. The molecule has 0 saturated carbocycles. The maximum atomic E-state index is 6.46. The standard InChI is InChI=1S/C18H22ClN.BrH/c1-14-7-6-10-17(19)18(14)16(11-12-20-2)13-15-8-4-3-5-9-15;/h3-10,16,20H,11-13H2,1-2H3;1H/p+1. The third kappa shape index (κ3) is 5.14. The van der Waals surface area contributed by atoms with Crippen molar-refractivity contribution in [3.8, 4) is 0 Å². The first-order valence-corrected chi connectivity index (χ1v) is 7.67. The predicted molar refractivity (Wildman–Crippen MR) is 96.7 cm³/mol. The molecule has 0 aliphatic carbocycles. The monoisotopic (exact) mass is 368 g/mol. The summed E-state index contributed by atoms with van der Waals surface area (Å²) in [5.74, 6) is 0.488. The zero-order chi connectivity index (χ0) is 14.4. The second-order valence-corrected chi connectivity index (χ2v) is 5.75. The molecule has 114 valence electrons.